The molecule has 0 saturated carbocycles. The number of methoxy groups -OCH3 is 1. The first-order chi connectivity index (χ1) is 13.6. The number of cyclic esters (lactones) is 1. The number of benzene rings is 1. The van der Waals surface area contributed by atoms with E-state index in [1.165, 1.54) is 11.9 Å². The van der Waals surface area contributed by atoms with Crippen LogP contribution in [0.15, 0.2) is 24.3 Å². The van der Waals surface area contributed by atoms with E-state index in [-0.39, 0.29) is 19.3 Å². The predicted molar refractivity (Wildman–Crippen MR) is 106 cm³/mol. The van der Waals surface area contributed by atoms with Crippen molar-refractivity contribution in [1.82, 2.24) is 4.90 Å². The summed E-state index contributed by atoms with van der Waals surface area (Å²) in [5.41, 5.74) is -0.667. The van der Waals surface area contributed by atoms with Crippen LogP contribution in [-0.4, -0.2) is 68.2 Å². The van der Waals surface area contributed by atoms with Crippen molar-refractivity contribution < 1.29 is 33.3 Å². The summed E-state index contributed by atoms with van der Waals surface area (Å²) in [5.74, 6) is 0.869. The second-order valence-corrected chi connectivity index (χ2v) is 8.04. The Bertz CT molecular complexity index is 683. The van der Waals surface area contributed by atoms with E-state index in [1.807, 2.05) is 0 Å². The van der Waals surface area contributed by atoms with Gasteiger partial charge in [0.2, 0.25) is 0 Å². The summed E-state index contributed by atoms with van der Waals surface area (Å²) in [5, 5.41) is 0. The molecule has 0 aliphatic carbocycles. The number of hydrogen-bond acceptors (Lipinski definition) is 7. The minimum Gasteiger partial charge on any atom is -0.497 e. The summed E-state index contributed by atoms with van der Waals surface area (Å²) < 4.78 is 27.7. The first-order valence-electron chi connectivity index (χ1n) is 9.64. The molecular formula is C21H31NO7. The lowest BCUT2D eigenvalue weighted by Gasteiger charge is -2.29. The monoisotopic (exact) mass is 409 g/mol. The smallest absolute Gasteiger partial charge is 0.410 e. The van der Waals surface area contributed by atoms with Crippen LogP contribution in [0.3, 0.4) is 0 Å². The molecule has 1 aromatic rings. The van der Waals surface area contributed by atoms with Gasteiger partial charge in [-0.05, 0) is 52.0 Å². The van der Waals surface area contributed by atoms with Crippen LogP contribution in [0, 0.1) is 0 Å². The lowest BCUT2D eigenvalue weighted by molar-refractivity contribution is -0.155. The van der Waals surface area contributed by atoms with Crippen LogP contribution in [0.1, 0.15) is 34.1 Å². The van der Waals surface area contributed by atoms with Gasteiger partial charge in [-0.25, -0.2) is 9.59 Å². The maximum Gasteiger partial charge on any atom is 0.410 e. The summed E-state index contributed by atoms with van der Waals surface area (Å²) >= 11 is 0. The van der Waals surface area contributed by atoms with Crippen molar-refractivity contribution in [1.29, 1.82) is 0 Å². The molecule has 1 saturated heterocycles. The Morgan fingerprint density at radius 3 is 2.34 bits per heavy atom. The van der Waals surface area contributed by atoms with Gasteiger partial charge in [0.1, 0.15) is 29.3 Å². The molecule has 0 radical (unpaired) electrons. The van der Waals surface area contributed by atoms with E-state index < -0.39 is 29.8 Å². The lowest BCUT2D eigenvalue weighted by Crippen LogP contribution is -2.48. The van der Waals surface area contributed by atoms with Gasteiger partial charge in [0, 0.05) is 13.5 Å². The van der Waals surface area contributed by atoms with E-state index in [4.69, 9.17) is 23.7 Å². The number of amides is 1. The second kappa shape index (κ2) is 9.82. The van der Waals surface area contributed by atoms with Crippen LogP contribution in [-0.2, 0) is 19.0 Å². The van der Waals surface area contributed by atoms with E-state index in [9.17, 15) is 9.59 Å². The fourth-order valence-electron chi connectivity index (χ4n) is 2.80. The van der Waals surface area contributed by atoms with E-state index >= 15 is 0 Å². The standard InChI is InChI=1S/C21H31NO7/c1-14-11-17(28-16-9-7-15(25-6)8-10-16)12-26-13-18(19(23)27-14)22(5)20(24)29-21(2,3)4/h7-10,14,17-18H,11-13H2,1-6H3/t14?,17?,18-/m0/s1. The van der Waals surface area contributed by atoms with Crippen LogP contribution < -0.4 is 9.47 Å². The van der Waals surface area contributed by atoms with Crippen LogP contribution in [0.4, 0.5) is 4.79 Å². The van der Waals surface area contributed by atoms with Gasteiger partial charge in [0.15, 0.2) is 6.04 Å². The first kappa shape index (κ1) is 22.8. The van der Waals surface area contributed by atoms with Gasteiger partial charge in [-0.15, -0.1) is 0 Å². The third kappa shape index (κ3) is 7.12. The van der Waals surface area contributed by atoms with Crippen molar-refractivity contribution in [2.45, 2.75) is 58.0 Å². The maximum absolute atomic E-state index is 12.6. The Morgan fingerprint density at radius 2 is 1.76 bits per heavy atom. The number of carbonyl (C=O) groups is 2. The highest BCUT2D eigenvalue weighted by Crippen LogP contribution is 2.21. The molecule has 1 aliphatic rings. The third-order valence-electron chi connectivity index (χ3n) is 4.27. The molecule has 0 aromatic heterocycles. The highest BCUT2D eigenvalue weighted by molar-refractivity contribution is 5.81. The molecule has 8 nitrogen and oxygen atoms in total. The largest absolute Gasteiger partial charge is 0.497 e. The van der Waals surface area contributed by atoms with Crippen molar-refractivity contribution in [3.05, 3.63) is 24.3 Å². The quantitative estimate of drug-likeness (QED) is 0.707. The zero-order valence-electron chi connectivity index (χ0n) is 18.0. The topological polar surface area (TPSA) is 83.5 Å². The van der Waals surface area contributed by atoms with Crippen molar-refractivity contribution >= 4 is 12.1 Å². The minimum absolute atomic E-state index is 0.0102. The van der Waals surface area contributed by atoms with Crippen LogP contribution in [0.5, 0.6) is 11.5 Å². The third-order valence-corrected chi connectivity index (χ3v) is 4.27. The Kier molecular flexibility index (Phi) is 7.73. The normalized spacial score (nSPS) is 23.1. The zero-order valence-corrected chi connectivity index (χ0v) is 18.0. The maximum atomic E-state index is 12.6. The summed E-state index contributed by atoms with van der Waals surface area (Å²) in [6, 6.07) is 6.33. The van der Waals surface area contributed by atoms with Gasteiger partial charge in [0.25, 0.3) is 0 Å². The molecule has 2 rings (SSSR count). The predicted octanol–water partition coefficient (Wildman–Crippen LogP) is 3.03. The molecule has 162 valence electrons. The van der Waals surface area contributed by atoms with Crippen molar-refractivity contribution in [2.75, 3.05) is 27.4 Å². The molecule has 0 spiro atoms. The lowest BCUT2D eigenvalue weighted by atomic mass is 10.2. The van der Waals surface area contributed by atoms with Crippen molar-refractivity contribution in [3.8, 4) is 11.5 Å². The number of carbonyl (C=O) groups excluding carboxylic acids is 2. The Balaban J connectivity index is 2.03. The van der Waals surface area contributed by atoms with Gasteiger partial charge in [-0.3, -0.25) is 4.90 Å². The average molecular weight is 409 g/mol. The Morgan fingerprint density at radius 1 is 1.14 bits per heavy atom. The molecule has 0 bridgehead atoms. The molecule has 1 amide bonds. The molecule has 1 aliphatic heterocycles. The molecule has 3 atom stereocenters. The molecule has 1 heterocycles. The van der Waals surface area contributed by atoms with E-state index in [0.29, 0.717) is 12.2 Å². The molecule has 1 fully saturated rings. The number of ether oxygens (including phenoxy) is 5. The highest BCUT2D eigenvalue weighted by atomic mass is 16.6. The van der Waals surface area contributed by atoms with Gasteiger partial charge in [-0.2, -0.15) is 0 Å². The van der Waals surface area contributed by atoms with Gasteiger partial charge < -0.3 is 23.7 Å². The summed E-state index contributed by atoms with van der Waals surface area (Å²) in [4.78, 5) is 26.1. The summed E-state index contributed by atoms with van der Waals surface area (Å²) in [6.07, 6.45) is -0.861. The zero-order chi connectivity index (χ0) is 21.6. The molecule has 8 heteroatoms. The minimum atomic E-state index is -0.896. The Labute approximate surface area is 172 Å². The highest BCUT2D eigenvalue weighted by Gasteiger charge is 2.34. The number of likely N-dealkylation sites (N-methyl/N-ethyl adjacent to an activating group) is 1. The van der Waals surface area contributed by atoms with Gasteiger partial charge >= 0.3 is 12.1 Å². The molecule has 29 heavy (non-hydrogen) atoms. The van der Waals surface area contributed by atoms with E-state index in [1.54, 1.807) is 59.1 Å². The molecule has 1 aromatic carbocycles. The number of nitrogens with zero attached hydrogens (tertiary/aromatic N) is 1. The van der Waals surface area contributed by atoms with Crippen LogP contribution in [0.25, 0.3) is 0 Å². The molecular weight excluding hydrogens is 378 g/mol. The van der Waals surface area contributed by atoms with Crippen LogP contribution >= 0.6 is 0 Å². The van der Waals surface area contributed by atoms with Gasteiger partial charge in [0.05, 0.1) is 20.3 Å². The van der Waals surface area contributed by atoms with E-state index in [2.05, 4.69) is 0 Å². The number of rotatable bonds is 4. The van der Waals surface area contributed by atoms with E-state index in [0.717, 1.165) is 5.75 Å². The second-order valence-electron chi connectivity index (χ2n) is 8.04. The fraction of sp³-hybridized carbons (Fsp3) is 0.619. The van der Waals surface area contributed by atoms with Crippen molar-refractivity contribution in [2.24, 2.45) is 0 Å². The summed E-state index contributed by atoms with van der Waals surface area (Å²) in [7, 11) is 3.10. The Hall–Kier alpha value is -2.48. The van der Waals surface area contributed by atoms with Gasteiger partial charge in [-0.1, -0.05) is 0 Å². The number of hydrogen-bond donors (Lipinski definition) is 0. The average Bonchev–Trinajstić information content (AvgIpc) is 2.69. The SMILES string of the molecule is COc1ccc(OC2COC[C@H](N(C)C(=O)OC(C)(C)C)C(=O)OC(C)C2)cc1. The van der Waals surface area contributed by atoms with Crippen LogP contribution in [0.2, 0.25) is 0 Å². The molecule has 0 N–H and O–H groups in total. The number of esters is 1. The molecule has 2 unspecified atom stereocenters. The van der Waals surface area contributed by atoms with Crippen molar-refractivity contribution in [3.63, 3.8) is 0 Å². The first-order valence-corrected chi connectivity index (χ1v) is 9.64. The fourth-order valence-corrected chi connectivity index (χ4v) is 2.80. The summed E-state index contributed by atoms with van der Waals surface area (Å²) in [6.45, 7) is 7.33.